The van der Waals surface area contributed by atoms with Gasteiger partial charge in [0, 0.05) is 0 Å². The highest BCUT2D eigenvalue weighted by Gasteiger charge is 2.27. The Kier molecular flexibility index (Phi) is 5.12. The summed E-state index contributed by atoms with van der Waals surface area (Å²) in [6.45, 7) is 7.07. The summed E-state index contributed by atoms with van der Waals surface area (Å²) in [5.41, 5.74) is 2.90. The highest BCUT2D eigenvalue weighted by molar-refractivity contribution is 5.47. The molecule has 1 aliphatic rings. The van der Waals surface area contributed by atoms with E-state index in [1.807, 2.05) is 24.3 Å². The van der Waals surface area contributed by atoms with Crippen LogP contribution >= 0.6 is 0 Å². The van der Waals surface area contributed by atoms with Crippen molar-refractivity contribution in [3.05, 3.63) is 41.5 Å². The molecule has 1 aromatic carbocycles. The summed E-state index contributed by atoms with van der Waals surface area (Å²) in [6, 6.07) is 7.91. The molecule has 0 radical (unpaired) electrons. The van der Waals surface area contributed by atoms with E-state index in [-0.39, 0.29) is 0 Å². The van der Waals surface area contributed by atoms with Gasteiger partial charge in [0.2, 0.25) is 0 Å². The maximum absolute atomic E-state index is 5.32. The molecule has 1 aliphatic carbocycles. The molecule has 0 unspecified atom stereocenters. The molecule has 1 nitrogen and oxygen atoms in total. The Balaban J connectivity index is 1.99. The zero-order valence-corrected chi connectivity index (χ0v) is 13.7. The van der Waals surface area contributed by atoms with Crippen LogP contribution in [0.2, 0.25) is 0 Å². The Hall–Kier alpha value is -1.68. The molecule has 112 valence electrons. The summed E-state index contributed by atoms with van der Waals surface area (Å²) in [4.78, 5) is 0. The number of hydrogen-bond donors (Lipinski definition) is 0. The van der Waals surface area contributed by atoms with Crippen molar-refractivity contribution in [1.82, 2.24) is 0 Å². The summed E-state index contributed by atoms with van der Waals surface area (Å²) in [7, 11) is 1.69. The first-order valence-corrected chi connectivity index (χ1v) is 7.83. The van der Waals surface area contributed by atoms with Gasteiger partial charge in [0.05, 0.1) is 12.7 Å². The minimum Gasteiger partial charge on any atom is -0.495 e. The van der Waals surface area contributed by atoms with Crippen molar-refractivity contribution in [2.45, 2.75) is 46.5 Å². The summed E-state index contributed by atoms with van der Waals surface area (Å²) in [5.74, 6) is 8.10. The van der Waals surface area contributed by atoms with Crippen LogP contribution in [-0.2, 0) is 0 Å². The molecule has 0 N–H and O–H groups in total. The van der Waals surface area contributed by atoms with Crippen LogP contribution < -0.4 is 4.74 Å². The van der Waals surface area contributed by atoms with E-state index < -0.39 is 0 Å². The van der Waals surface area contributed by atoms with Gasteiger partial charge in [-0.3, -0.25) is 0 Å². The number of hydrogen-bond acceptors (Lipinski definition) is 1. The highest BCUT2D eigenvalue weighted by atomic mass is 16.5. The van der Waals surface area contributed by atoms with Crippen molar-refractivity contribution in [2.75, 3.05) is 7.11 Å². The van der Waals surface area contributed by atoms with Crippen LogP contribution in [0.5, 0.6) is 5.75 Å². The van der Waals surface area contributed by atoms with Crippen LogP contribution in [0.3, 0.4) is 0 Å². The first kappa shape index (κ1) is 15.7. The largest absolute Gasteiger partial charge is 0.495 e. The van der Waals surface area contributed by atoms with Gasteiger partial charge in [-0.15, -0.1) is 0 Å². The maximum atomic E-state index is 5.32. The molecule has 0 spiro atoms. The summed E-state index contributed by atoms with van der Waals surface area (Å²) >= 11 is 0. The third kappa shape index (κ3) is 4.39. The lowest BCUT2D eigenvalue weighted by Crippen LogP contribution is -2.23. The van der Waals surface area contributed by atoms with Crippen molar-refractivity contribution in [3.8, 4) is 17.6 Å². The molecule has 0 heterocycles. The normalized spacial score (nSPS) is 18.7. The van der Waals surface area contributed by atoms with E-state index in [9.17, 15) is 0 Å². The molecule has 2 rings (SSSR count). The number of methoxy groups -OCH3 is 1. The van der Waals surface area contributed by atoms with Crippen LogP contribution in [0, 0.1) is 23.2 Å². The molecule has 0 bridgehead atoms. The average molecular weight is 282 g/mol. The Morgan fingerprint density at radius 3 is 2.43 bits per heavy atom. The Morgan fingerprint density at radius 1 is 1.14 bits per heavy atom. The molecule has 0 amide bonds. The second-order valence-electron chi connectivity index (χ2n) is 6.91. The molecular formula is C20H26O. The molecular weight excluding hydrogens is 256 g/mol. The van der Waals surface area contributed by atoms with E-state index in [0.717, 1.165) is 17.2 Å². The van der Waals surface area contributed by atoms with Crippen molar-refractivity contribution in [1.29, 1.82) is 0 Å². The van der Waals surface area contributed by atoms with E-state index >= 15 is 0 Å². The molecule has 1 saturated carbocycles. The molecule has 1 heteroatoms. The third-order valence-electron chi connectivity index (χ3n) is 4.44. The van der Waals surface area contributed by atoms with Crippen LogP contribution in [0.4, 0.5) is 0 Å². The molecule has 1 fully saturated rings. The predicted octanol–water partition coefficient (Wildman–Crippen LogP) is 5.21. The third-order valence-corrected chi connectivity index (χ3v) is 4.44. The smallest absolute Gasteiger partial charge is 0.134 e. The van der Waals surface area contributed by atoms with Gasteiger partial charge in [0.15, 0.2) is 0 Å². The number of para-hydroxylation sites is 1. The average Bonchev–Trinajstić information content (AvgIpc) is 2.47. The van der Waals surface area contributed by atoms with Crippen molar-refractivity contribution in [3.63, 3.8) is 0 Å². The topological polar surface area (TPSA) is 9.23 Å². The lowest BCUT2D eigenvalue weighted by atomic mass is 9.71. The second kappa shape index (κ2) is 6.85. The molecule has 0 aromatic heterocycles. The van der Waals surface area contributed by atoms with Crippen molar-refractivity contribution < 1.29 is 4.74 Å². The van der Waals surface area contributed by atoms with Crippen molar-refractivity contribution >= 4 is 0 Å². The highest BCUT2D eigenvalue weighted by Crippen LogP contribution is 2.39. The van der Waals surface area contributed by atoms with E-state index in [1.165, 1.54) is 31.3 Å². The van der Waals surface area contributed by atoms with E-state index in [1.54, 1.807) is 7.11 Å². The number of ether oxygens (including phenoxy) is 1. The van der Waals surface area contributed by atoms with Gasteiger partial charge in [-0.1, -0.05) is 50.3 Å². The number of allylic oxidation sites excluding steroid dienone is 2. The fourth-order valence-electron chi connectivity index (χ4n) is 2.96. The predicted molar refractivity (Wildman–Crippen MR) is 89.4 cm³/mol. The molecule has 1 aromatic rings. The standard InChI is InChI=1S/C20H26O/c1-20(2,3)18-14-12-16(13-15-18)8-7-10-17-9-5-6-11-19(17)21-4/h5-6,8-9,11,18H,12-15H2,1-4H3. The zero-order valence-electron chi connectivity index (χ0n) is 13.7. The van der Waals surface area contributed by atoms with E-state index in [0.29, 0.717) is 5.41 Å². The van der Waals surface area contributed by atoms with Crippen LogP contribution in [0.25, 0.3) is 0 Å². The Bertz CT molecular complexity index is 553. The summed E-state index contributed by atoms with van der Waals surface area (Å²) in [6.07, 6.45) is 7.10. The Morgan fingerprint density at radius 2 is 1.81 bits per heavy atom. The van der Waals surface area contributed by atoms with Crippen LogP contribution in [0.15, 0.2) is 35.9 Å². The van der Waals surface area contributed by atoms with Gasteiger partial charge >= 0.3 is 0 Å². The minimum absolute atomic E-state index is 0.439. The minimum atomic E-state index is 0.439. The van der Waals surface area contributed by atoms with Gasteiger partial charge in [0.1, 0.15) is 5.75 Å². The molecule has 0 aliphatic heterocycles. The first-order chi connectivity index (χ1) is 10.0. The summed E-state index contributed by atoms with van der Waals surface area (Å²) < 4.78 is 5.32. The lowest BCUT2D eigenvalue weighted by Gasteiger charge is -2.34. The summed E-state index contributed by atoms with van der Waals surface area (Å²) in [5, 5.41) is 0. The van der Waals surface area contributed by atoms with Gasteiger partial charge in [-0.2, -0.15) is 0 Å². The molecule has 0 saturated heterocycles. The van der Waals surface area contributed by atoms with Crippen LogP contribution in [0.1, 0.15) is 52.0 Å². The van der Waals surface area contributed by atoms with Crippen LogP contribution in [-0.4, -0.2) is 7.11 Å². The second-order valence-corrected chi connectivity index (χ2v) is 6.91. The molecule has 0 atom stereocenters. The number of benzene rings is 1. The first-order valence-electron chi connectivity index (χ1n) is 7.83. The fraction of sp³-hybridized carbons (Fsp3) is 0.500. The monoisotopic (exact) mass is 282 g/mol. The Labute approximate surface area is 129 Å². The molecule has 21 heavy (non-hydrogen) atoms. The SMILES string of the molecule is COc1ccccc1C#CC=C1CCC(C(C)(C)C)CC1. The lowest BCUT2D eigenvalue weighted by molar-refractivity contribution is 0.197. The zero-order chi connectivity index (χ0) is 15.3. The quantitative estimate of drug-likeness (QED) is 0.642. The van der Waals surface area contributed by atoms with E-state index in [4.69, 9.17) is 4.74 Å². The van der Waals surface area contributed by atoms with Gasteiger partial charge < -0.3 is 4.74 Å². The van der Waals surface area contributed by atoms with Gasteiger partial charge in [-0.25, -0.2) is 0 Å². The maximum Gasteiger partial charge on any atom is 0.134 e. The number of rotatable bonds is 1. The van der Waals surface area contributed by atoms with E-state index in [2.05, 4.69) is 38.7 Å². The fourth-order valence-corrected chi connectivity index (χ4v) is 2.96. The van der Waals surface area contributed by atoms with Crippen molar-refractivity contribution in [2.24, 2.45) is 11.3 Å². The van der Waals surface area contributed by atoms with Gasteiger partial charge in [0.25, 0.3) is 0 Å². The van der Waals surface area contributed by atoms with Gasteiger partial charge in [-0.05, 0) is 55.2 Å².